The number of hydrogen-bond acceptors (Lipinski definition) is 6. The summed E-state index contributed by atoms with van der Waals surface area (Å²) in [6, 6.07) is 21.0. The minimum atomic E-state index is -0.271. The van der Waals surface area contributed by atoms with E-state index in [0.717, 1.165) is 40.5 Å². The number of nitrogens with zero attached hydrogens (tertiary/aromatic N) is 4. The number of phenolic OH excluding ortho intramolecular Hbond substituents is 1. The lowest BCUT2D eigenvalue weighted by molar-refractivity contribution is -0.118. The number of phenols is 1. The standard InChI is InChI=1S/C27H28ClN5O2S/c1-3-32(4-2)21-14-13-19(25(34)15-21)16-29-31-26(35)18-36-27-30-23-11-7-8-12-24(23)33(27)17-20-9-5-6-10-22(20)28/h5-16,34H,3-4,17-18H2,1-2H3,(H,31,35). The molecule has 4 rings (SSSR count). The van der Waals surface area contributed by atoms with Gasteiger partial charge in [0.1, 0.15) is 5.75 Å². The van der Waals surface area contributed by atoms with Crippen LogP contribution < -0.4 is 10.3 Å². The zero-order valence-corrected chi connectivity index (χ0v) is 21.8. The molecule has 0 bridgehead atoms. The van der Waals surface area contributed by atoms with Crippen LogP contribution >= 0.6 is 23.4 Å². The molecule has 0 spiro atoms. The van der Waals surface area contributed by atoms with Crippen LogP contribution in [-0.2, 0) is 11.3 Å². The van der Waals surface area contributed by atoms with Gasteiger partial charge in [0, 0.05) is 35.4 Å². The molecule has 2 N–H and O–H groups in total. The van der Waals surface area contributed by atoms with Gasteiger partial charge in [0.05, 0.1) is 29.5 Å². The average molecular weight is 522 g/mol. The predicted molar refractivity (Wildman–Crippen MR) is 148 cm³/mol. The molecular formula is C27H28ClN5O2S. The van der Waals surface area contributed by atoms with Crippen molar-refractivity contribution in [2.24, 2.45) is 5.10 Å². The second-order valence-electron chi connectivity index (χ2n) is 8.06. The maximum Gasteiger partial charge on any atom is 0.250 e. The molecule has 7 nitrogen and oxygen atoms in total. The lowest BCUT2D eigenvalue weighted by Gasteiger charge is -2.21. The summed E-state index contributed by atoms with van der Waals surface area (Å²) in [6.07, 6.45) is 1.44. The lowest BCUT2D eigenvalue weighted by Crippen LogP contribution is -2.21. The van der Waals surface area contributed by atoms with Crippen molar-refractivity contribution in [3.8, 4) is 5.75 Å². The van der Waals surface area contributed by atoms with E-state index in [9.17, 15) is 9.90 Å². The first-order valence-electron chi connectivity index (χ1n) is 11.7. The molecule has 36 heavy (non-hydrogen) atoms. The molecule has 9 heteroatoms. The second-order valence-corrected chi connectivity index (χ2v) is 9.41. The number of halogens is 1. The van der Waals surface area contributed by atoms with Gasteiger partial charge in [-0.25, -0.2) is 10.4 Å². The van der Waals surface area contributed by atoms with E-state index in [1.165, 1.54) is 18.0 Å². The van der Waals surface area contributed by atoms with Crippen LogP contribution in [0.15, 0.2) is 77.0 Å². The first-order valence-corrected chi connectivity index (χ1v) is 13.1. The molecule has 0 saturated heterocycles. The number of carbonyl (C=O) groups excluding carboxylic acids is 1. The number of anilines is 1. The van der Waals surface area contributed by atoms with E-state index in [2.05, 4.69) is 33.8 Å². The van der Waals surface area contributed by atoms with E-state index in [4.69, 9.17) is 16.6 Å². The molecule has 0 aliphatic heterocycles. The second kappa shape index (κ2) is 12.0. The van der Waals surface area contributed by atoms with E-state index in [0.29, 0.717) is 17.1 Å². The largest absolute Gasteiger partial charge is 0.507 e. The van der Waals surface area contributed by atoms with Crippen molar-refractivity contribution in [1.29, 1.82) is 0 Å². The maximum absolute atomic E-state index is 12.5. The van der Waals surface area contributed by atoms with Gasteiger partial charge >= 0.3 is 0 Å². The molecule has 0 atom stereocenters. The summed E-state index contributed by atoms with van der Waals surface area (Å²) in [5.41, 5.74) is 6.80. The molecule has 0 unspecified atom stereocenters. The first-order chi connectivity index (χ1) is 17.5. The highest BCUT2D eigenvalue weighted by Gasteiger charge is 2.14. The Balaban J connectivity index is 1.41. The Hall–Kier alpha value is -3.49. The van der Waals surface area contributed by atoms with Gasteiger partial charge in [-0.3, -0.25) is 4.79 Å². The first kappa shape index (κ1) is 25.6. The highest BCUT2D eigenvalue weighted by molar-refractivity contribution is 7.99. The van der Waals surface area contributed by atoms with Crippen LogP contribution in [-0.4, -0.2) is 45.6 Å². The Bertz CT molecular complexity index is 1380. The monoisotopic (exact) mass is 521 g/mol. The highest BCUT2D eigenvalue weighted by atomic mass is 35.5. The van der Waals surface area contributed by atoms with E-state index < -0.39 is 0 Å². The number of imidazole rings is 1. The number of carbonyl (C=O) groups is 1. The van der Waals surface area contributed by atoms with Gasteiger partial charge < -0.3 is 14.6 Å². The van der Waals surface area contributed by atoms with Gasteiger partial charge in [-0.1, -0.05) is 53.7 Å². The molecule has 4 aromatic rings. The molecule has 1 amide bonds. The van der Waals surface area contributed by atoms with E-state index in [1.54, 1.807) is 12.1 Å². The zero-order valence-electron chi connectivity index (χ0n) is 20.2. The molecule has 0 saturated carbocycles. The van der Waals surface area contributed by atoms with Gasteiger partial charge in [-0.2, -0.15) is 5.10 Å². The fourth-order valence-electron chi connectivity index (χ4n) is 3.88. The Kier molecular flexibility index (Phi) is 8.51. The fraction of sp³-hybridized carbons (Fsp3) is 0.222. The van der Waals surface area contributed by atoms with Crippen LogP contribution in [0.3, 0.4) is 0 Å². The fourth-order valence-corrected chi connectivity index (χ4v) is 4.88. The van der Waals surface area contributed by atoms with Crippen LogP contribution in [0.5, 0.6) is 5.75 Å². The third-order valence-electron chi connectivity index (χ3n) is 5.77. The number of thioether (sulfide) groups is 1. The van der Waals surface area contributed by atoms with Gasteiger partial charge in [-0.15, -0.1) is 0 Å². The maximum atomic E-state index is 12.5. The molecule has 0 aliphatic carbocycles. The Labute approximate surface area is 219 Å². The summed E-state index contributed by atoms with van der Waals surface area (Å²) < 4.78 is 2.06. The van der Waals surface area contributed by atoms with Gasteiger partial charge in [-0.05, 0) is 49.7 Å². The van der Waals surface area contributed by atoms with Gasteiger partial charge in [0.15, 0.2) is 5.16 Å². The van der Waals surface area contributed by atoms with E-state index >= 15 is 0 Å². The van der Waals surface area contributed by atoms with Crippen LogP contribution in [0.1, 0.15) is 25.0 Å². The third-order valence-corrected chi connectivity index (χ3v) is 7.12. The normalized spacial score (nSPS) is 11.3. The summed E-state index contributed by atoms with van der Waals surface area (Å²) in [5, 5.41) is 15.8. The minimum Gasteiger partial charge on any atom is -0.507 e. The van der Waals surface area contributed by atoms with E-state index in [-0.39, 0.29) is 17.4 Å². The summed E-state index contributed by atoms with van der Waals surface area (Å²) >= 11 is 7.72. The number of nitrogens with one attached hydrogen (secondary N) is 1. The lowest BCUT2D eigenvalue weighted by atomic mass is 10.2. The number of benzene rings is 3. The molecule has 186 valence electrons. The van der Waals surface area contributed by atoms with Crippen molar-refractivity contribution >= 4 is 52.2 Å². The number of aromatic nitrogens is 2. The molecule has 0 fully saturated rings. The van der Waals surface area contributed by atoms with Crippen molar-refractivity contribution in [2.45, 2.75) is 25.5 Å². The summed E-state index contributed by atoms with van der Waals surface area (Å²) in [6.45, 7) is 6.38. The van der Waals surface area contributed by atoms with Crippen molar-refractivity contribution in [1.82, 2.24) is 15.0 Å². The smallest absolute Gasteiger partial charge is 0.250 e. The zero-order chi connectivity index (χ0) is 25.5. The Morgan fingerprint density at radius 2 is 1.89 bits per heavy atom. The van der Waals surface area contributed by atoms with Crippen LogP contribution in [0.25, 0.3) is 11.0 Å². The molecule has 0 aliphatic rings. The SMILES string of the molecule is CCN(CC)c1ccc(C=NNC(=O)CSc2nc3ccccc3n2Cc2ccccc2Cl)c(O)c1. The van der Waals surface area contributed by atoms with Crippen molar-refractivity contribution in [3.63, 3.8) is 0 Å². The van der Waals surface area contributed by atoms with Gasteiger partial charge in [0.25, 0.3) is 5.91 Å². The molecule has 1 aromatic heterocycles. The number of hydrazone groups is 1. The quantitative estimate of drug-likeness (QED) is 0.163. The highest BCUT2D eigenvalue weighted by Crippen LogP contribution is 2.27. The van der Waals surface area contributed by atoms with Crippen LogP contribution in [0.2, 0.25) is 5.02 Å². The van der Waals surface area contributed by atoms with Crippen LogP contribution in [0.4, 0.5) is 5.69 Å². The Morgan fingerprint density at radius 1 is 1.14 bits per heavy atom. The number of para-hydroxylation sites is 2. The number of amides is 1. The molecule has 3 aromatic carbocycles. The van der Waals surface area contributed by atoms with Crippen molar-refractivity contribution in [2.75, 3.05) is 23.7 Å². The topological polar surface area (TPSA) is 82.8 Å². The minimum absolute atomic E-state index is 0.111. The predicted octanol–water partition coefficient (Wildman–Crippen LogP) is 5.53. The number of hydrogen-bond donors (Lipinski definition) is 2. The Morgan fingerprint density at radius 3 is 2.64 bits per heavy atom. The number of fused-ring (bicyclic) bond motifs is 1. The molecule has 1 heterocycles. The third kappa shape index (κ3) is 6.01. The summed E-state index contributed by atoms with van der Waals surface area (Å²) in [7, 11) is 0. The number of aromatic hydroxyl groups is 1. The van der Waals surface area contributed by atoms with Crippen LogP contribution in [0, 0.1) is 0 Å². The van der Waals surface area contributed by atoms with Crippen molar-refractivity contribution in [3.05, 3.63) is 82.9 Å². The molecule has 0 radical (unpaired) electrons. The van der Waals surface area contributed by atoms with E-state index in [1.807, 2.05) is 54.6 Å². The van der Waals surface area contributed by atoms with Crippen molar-refractivity contribution < 1.29 is 9.90 Å². The molecular weight excluding hydrogens is 494 g/mol. The summed E-state index contributed by atoms with van der Waals surface area (Å²) in [5.74, 6) is -0.0253. The average Bonchev–Trinajstić information content (AvgIpc) is 3.23. The van der Waals surface area contributed by atoms with Gasteiger partial charge in [0.2, 0.25) is 0 Å². The number of rotatable bonds is 10. The summed E-state index contributed by atoms with van der Waals surface area (Å²) in [4.78, 5) is 19.3.